The molecule has 0 unspecified atom stereocenters. The Morgan fingerprint density at radius 2 is 2.29 bits per heavy atom. The summed E-state index contributed by atoms with van der Waals surface area (Å²) in [4.78, 5) is 15.3. The average Bonchev–Trinajstić information content (AvgIpc) is 2.25. The van der Waals surface area contributed by atoms with Gasteiger partial charge in [0.25, 0.3) is 5.56 Å². The van der Waals surface area contributed by atoms with E-state index in [1.807, 2.05) is 19.1 Å². The molecule has 0 aliphatic heterocycles. The molecule has 17 heavy (non-hydrogen) atoms. The number of aromatic amines is 1. The molecule has 0 atom stereocenters. The summed E-state index contributed by atoms with van der Waals surface area (Å²) in [5.41, 5.74) is 1.55. The zero-order valence-electron chi connectivity index (χ0n) is 9.29. The van der Waals surface area contributed by atoms with Crippen molar-refractivity contribution in [2.75, 3.05) is 0 Å². The molecule has 2 aromatic rings. The summed E-state index contributed by atoms with van der Waals surface area (Å²) in [6, 6.07) is 5.50. The van der Waals surface area contributed by atoms with Gasteiger partial charge in [-0.05, 0) is 37.3 Å². The number of nitrogens with one attached hydrogen (secondary N) is 1. The fraction of sp³-hybridized carbons (Fsp3) is 0.167. The van der Waals surface area contributed by atoms with Crippen LogP contribution in [0.3, 0.4) is 0 Å². The Hall–Kier alpha value is -1.20. The molecule has 2 rings (SSSR count). The van der Waals surface area contributed by atoms with Crippen LogP contribution in [0.5, 0.6) is 0 Å². The first-order chi connectivity index (χ1) is 7.99. The monoisotopic (exact) mass is 310 g/mol. The zero-order valence-corrected chi connectivity index (χ0v) is 11.7. The van der Waals surface area contributed by atoms with Gasteiger partial charge in [-0.3, -0.25) is 9.36 Å². The molecule has 0 spiro atoms. The first-order valence-corrected chi connectivity index (χ1v) is 6.26. The van der Waals surface area contributed by atoms with Gasteiger partial charge in [-0.25, -0.2) is 0 Å². The van der Waals surface area contributed by atoms with Crippen LogP contribution >= 0.6 is 28.1 Å². The lowest BCUT2D eigenvalue weighted by Crippen LogP contribution is -2.22. The van der Waals surface area contributed by atoms with Crippen LogP contribution in [-0.2, 0) is 6.54 Å². The van der Waals surface area contributed by atoms with Gasteiger partial charge in [0.2, 0.25) is 0 Å². The SMILES string of the molecule is C=C(C)Cn1c(=S)[nH]c2ccc(Br)cc2c1=O. The number of allylic oxidation sites excluding steroid dienone is 1. The maximum absolute atomic E-state index is 12.3. The number of hydrogen-bond acceptors (Lipinski definition) is 2. The van der Waals surface area contributed by atoms with Gasteiger partial charge in [-0.15, -0.1) is 0 Å². The lowest BCUT2D eigenvalue weighted by molar-refractivity contribution is 0.725. The van der Waals surface area contributed by atoms with Crippen molar-refractivity contribution in [1.82, 2.24) is 9.55 Å². The molecule has 88 valence electrons. The molecule has 0 saturated carbocycles. The summed E-state index contributed by atoms with van der Waals surface area (Å²) in [5.74, 6) is 0. The van der Waals surface area contributed by atoms with Gasteiger partial charge < -0.3 is 4.98 Å². The molecule has 0 aliphatic rings. The number of H-pyrrole nitrogens is 1. The van der Waals surface area contributed by atoms with Crippen molar-refractivity contribution in [3.63, 3.8) is 0 Å². The van der Waals surface area contributed by atoms with Crippen molar-refractivity contribution >= 4 is 39.1 Å². The van der Waals surface area contributed by atoms with Crippen molar-refractivity contribution in [2.24, 2.45) is 0 Å². The van der Waals surface area contributed by atoms with E-state index in [0.717, 1.165) is 15.6 Å². The highest BCUT2D eigenvalue weighted by atomic mass is 79.9. The van der Waals surface area contributed by atoms with Crippen molar-refractivity contribution in [3.8, 4) is 0 Å². The predicted molar refractivity (Wildman–Crippen MR) is 75.9 cm³/mol. The Kier molecular flexibility index (Phi) is 3.31. The molecule has 3 nitrogen and oxygen atoms in total. The lowest BCUT2D eigenvalue weighted by atomic mass is 10.2. The first kappa shape index (κ1) is 12.3. The number of rotatable bonds is 2. The van der Waals surface area contributed by atoms with E-state index in [0.29, 0.717) is 16.7 Å². The molecule has 0 aliphatic carbocycles. The highest BCUT2D eigenvalue weighted by molar-refractivity contribution is 9.10. The summed E-state index contributed by atoms with van der Waals surface area (Å²) in [5, 5.41) is 0.620. The molecule has 0 saturated heterocycles. The molecule has 1 aromatic heterocycles. The van der Waals surface area contributed by atoms with Crippen LogP contribution in [0.2, 0.25) is 0 Å². The van der Waals surface area contributed by atoms with Crippen molar-refractivity contribution in [3.05, 3.63) is 49.9 Å². The molecule has 0 bridgehead atoms. The average molecular weight is 311 g/mol. The Balaban J connectivity index is 2.83. The summed E-state index contributed by atoms with van der Waals surface area (Å²) < 4.78 is 2.81. The van der Waals surface area contributed by atoms with Crippen LogP contribution in [0.15, 0.2) is 39.6 Å². The lowest BCUT2D eigenvalue weighted by Gasteiger charge is -2.07. The number of halogens is 1. The number of nitrogens with zero attached hydrogens (tertiary/aromatic N) is 1. The summed E-state index contributed by atoms with van der Waals surface area (Å²) >= 11 is 8.53. The fourth-order valence-corrected chi connectivity index (χ4v) is 2.25. The van der Waals surface area contributed by atoms with Crippen molar-refractivity contribution < 1.29 is 0 Å². The van der Waals surface area contributed by atoms with Gasteiger partial charge in [0.1, 0.15) is 0 Å². The van der Waals surface area contributed by atoms with Crippen molar-refractivity contribution in [2.45, 2.75) is 13.5 Å². The zero-order chi connectivity index (χ0) is 12.6. The predicted octanol–water partition coefficient (Wildman–Crippen LogP) is 3.40. The van der Waals surface area contributed by atoms with Crippen LogP contribution in [0.1, 0.15) is 6.92 Å². The van der Waals surface area contributed by atoms with Crippen LogP contribution in [0.4, 0.5) is 0 Å². The minimum atomic E-state index is -0.0898. The van der Waals surface area contributed by atoms with Crippen LogP contribution < -0.4 is 5.56 Å². The third kappa shape index (κ3) is 2.40. The van der Waals surface area contributed by atoms with Gasteiger partial charge in [0, 0.05) is 11.0 Å². The van der Waals surface area contributed by atoms with E-state index in [1.54, 1.807) is 6.07 Å². The van der Waals surface area contributed by atoms with Gasteiger partial charge in [-0.1, -0.05) is 28.1 Å². The van der Waals surface area contributed by atoms with E-state index < -0.39 is 0 Å². The molecule has 0 radical (unpaired) electrons. The van der Waals surface area contributed by atoms with Gasteiger partial charge in [0.15, 0.2) is 4.77 Å². The largest absolute Gasteiger partial charge is 0.332 e. The highest BCUT2D eigenvalue weighted by Crippen LogP contribution is 2.15. The van der Waals surface area contributed by atoms with Crippen molar-refractivity contribution in [1.29, 1.82) is 0 Å². The standard InChI is InChI=1S/C12H11BrN2OS/c1-7(2)6-15-11(16)9-5-8(13)3-4-10(9)14-12(15)17/h3-5H,1,6H2,2H3,(H,14,17). The van der Waals surface area contributed by atoms with Gasteiger partial charge in [0.05, 0.1) is 10.9 Å². The smallest absolute Gasteiger partial charge is 0.262 e. The first-order valence-electron chi connectivity index (χ1n) is 5.06. The van der Waals surface area contributed by atoms with E-state index in [1.165, 1.54) is 4.57 Å². The summed E-state index contributed by atoms with van der Waals surface area (Å²) in [6.45, 7) is 6.11. The number of benzene rings is 1. The second-order valence-electron chi connectivity index (χ2n) is 3.97. The molecule has 1 N–H and O–H groups in total. The minimum absolute atomic E-state index is 0.0898. The molecule has 0 amide bonds. The summed E-state index contributed by atoms with van der Waals surface area (Å²) in [7, 11) is 0. The summed E-state index contributed by atoms with van der Waals surface area (Å²) in [6.07, 6.45) is 0. The highest BCUT2D eigenvalue weighted by Gasteiger charge is 2.05. The Labute approximate surface area is 112 Å². The molecule has 1 aromatic carbocycles. The number of aromatic nitrogens is 2. The molecular formula is C12H11BrN2OS. The molecular weight excluding hydrogens is 300 g/mol. The van der Waals surface area contributed by atoms with E-state index in [4.69, 9.17) is 12.2 Å². The van der Waals surface area contributed by atoms with Crippen LogP contribution in [0, 0.1) is 4.77 Å². The molecule has 5 heteroatoms. The van der Waals surface area contributed by atoms with Crippen LogP contribution in [0.25, 0.3) is 10.9 Å². The topological polar surface area (TPSA) is 37.8 Å². The maximum Gasteiger partial charge on any atom is 0.262 e. The third-order valence-corrected chi connectivity index (χ3v) is 3.19. The van der Waals surface area contributed by atoms with Gasteiger partial charge in [-0.2, -0.15) is 0 Å². The van der Waals surface area contributed by atoms with Crippen LogP contribution in [-0.4, -0.2) is 9.55 Å². The van der Waals surface area contributed by atoms with Gasteiger partial charge >= 0.3 is 0 Å². The second kappa shape index (κ2) is 4.58. The fourth-order valence-electron chi connectivity index (χ4n) is 1.64. The van der Waals surface area contributed by atoms with E-state index in [-0.39, 0.29) is 5.56 Å². The minimum Gasteiger partial charge on any atom is -0.332 e. The molecule has 1 heterocycles. The van der Waals surface area contributed by atoms with E-state index in [2.05, 4.69) is 27.5 Å². The quantitative estimate of drug-likeness (QED) is 0.682. The molecule has 0 fully saturated rings. The second-order valence-corrected chi connectivity index (χ2v) is 5.27. The number of fused-ring (bicyclic) bond motifs is 1. The third-order valence-electron chi connectivity index (χ3n) is 2.37. The number of hydrogen-bond donors (Lipinski definition) is 1. The normalized spacial score (nSPS) is 10.7. The maximum atomic E-state index is 12.3. The van der Waals surface area contributed by atoms with E-state index >= 15 is 0 Å². The Morgan fingerprint density at radius 1 is 1.59 bits per heavy atom. The van der Waals surface area contributed by atoms with E-state index in [9.17, 15) is 4.79 Å². The Bertz CT molecular complexity index is 714. The Morgan fingerprint density at radius 3 is 2.94 bits per heavy atom.